The molecule has 0 aromatic carbocycles. The summed E-state index contributed by atoms with van der Waals surface area (Å²) < 4.78 is 0. The van der Waals surface area contributed by atoms with Crippen LogP contribution in [-0.4, -0.2) is 17.5 Å². The minimum atomic E-state index is -0.0159. The molecular formula is C21H34O2. The Morgan fingerprint density at radius 3 is 2.17 bits per heavy atom. The number of hydrogen-bond acceptors (Lipinski definition) is 2. The molecule has 0 radical (unpaired) electrons. The van der Waals surface area contributed by atoms with E-state index in [-0.39, 0.29) is 28.8 Å². The van der Waals surface area contributed by atoms with E-state index in [4.69, 9.17) is 0 Å². The lowest BCUT2D eigenvalue weighted by Crippen LogP contribution is -2.44. The summed E-state index contributed by atoms with van der Waals surface area (Å²) in [7, 11) is 0. The third kappa shape index (κ3) is 3.20. The largest absolute Gasteiger partial charge is 0.396 e. The van der Waals surface area contributed by atoms with Gasteiger partial charge in [-0.05, 0) is 47.8 Å². The lowest BCUT2D eigenvalue weighted by Gasteiger charge is -2.49. The summed E-state index contributed by atoms with van der Waals surface area (Å²) in [5.74, 6) is 1.18. The number of Topliss-reactive ketones (excluding diaryl/α,β-unsaturated/α-hetero) is 1. The van der Waals surface area contributed by atoms with E-state index in [9.17, 15) is 9.90 Å². The van der Waals surface area contributed by atoms with Gasteiger partial charge in [-0.15, -0.1) is 0 Å². The number of allylic oxidation sites excluding steroid dienone is 4. The van der Waals surface area contributed by atoms with Gasteiger partial charge in [-0.3, -0.25) is 4.79 Å². The van der Waals surface area contributed by atoms with Crippen LogP contribution in [-0.2, 0) is 4.79 Å². The van der Waals surface area contributed by atoms with Crippen molar-refractivity contribution in [2.45, 2.75) is 66.7 Å². The van der Waals surface area contributed by atoms with Crippen molar-refractivity contribution in [3.63, 3.8) is 0 Å². The topological polar surface area (TPSA) is 37.3 Å². The molecule has 0 spiro atoms. The average molecular weight is 319 g/mol. The maximum absolute atomic E-state index is 12.3. The quantitative estimate of drug-likeness (QED) is 0.780. The molecule has 5 atom stereocenters. The van der Waals surface area contributed by atoms with Crippen LogP contribution in [0.2, 0.25) is 0 Å². The second kappa shape index (κ2) is 6.55. The van der Waals surface area contributed by atoms with Gasteiger partial charge >= 0.3 is 0 Å². The molecule has 2 rings (SSSR count). The molecule has 2 aliphatic rings. The zero-order chi connectivity index (χ0) is 17.3. The van der Waals surface area contributed by atoms with E-state index >= 15 is 0 Å². The first-order chi connectivity index (χ1) is 10.7. The van der Waals surface area contributed by atoms with Crippen LogP contribution < -0.4 is 0 Å². The van der Waals surface area contributed by atoms with Crippen LogP contribution in [0, 0.1) is 28.1 Å². The predicted octanol–water partition coefficient (Wildman–Crippen LogP) is 4.93. The number of ketones is 1. The van der Waals surface area contributed by atoms with Crippen LogP contribution >= 0.6 is 0 Å². The van der Waals surface area contributed by atoms with Crippen molar-refractivity contribution in [2.75, 3.05) is 6.61 Å². The van der Waals surface area contributed by atoms with E-state index in [0.29, 0.717) is 11.7 Å². The molecule has 0 bridgehead atoms. The Hall–Kier alpha value is -0.890. The Labute approximate surface area is 142 Å². The van der Waals surface area contributed by atoms with Gasteiger partial charge in [0.2, 0.25) is 0 Å². The van der Waals surface area contributed by atoms with E-state index in [0.717, 1.165) is 32.1 Å². The maximum Gasteiger partial charge on any atom is 0.136 e. The van der Waals surface area contributed by atoms with Gasteiger partial charge in [-0.25, -0.2) is 0 Å². The minimum Gasteiger partial charge on any atom is -0.396 e. The first-order valence-corrected chi connectivity index (χ1v) is 9.19. The Morgan fingerprint density at radius 2 is 1.61 bits per heavy atom. The van der Waals surface area contributed by atoms with Gasteiger partial charge in [-0.2, -0.15) is 0 Å². The molecule has 0 aromatic rings. The lowest BCUT2D eigenvalue weighted by atomic mass is 9.54. The van der Waals surface area contributed by atoms with Gasteiger partial charge in [0.1, 0.15) is 5.78 Å². The molecule has 3 unspecified atom stereocenters. The van der Waals surface area contributed by atoms with Gasteiger partial charge in [-0.1, -0.05) is 58.9 Å². The van der Waals surface area contributed by atoms with Crippen LogP contribution in [0.4, 0.5) is 0 Å². The van der Waals surface area contributed by atoms with Gasteiger partial charge in [0.25, 0.3) is 0 Å². The Balaban J connectivity index is 2.19. The fourth-order valence-electron chi connectivity index (χ4n) is 4.58. The Morgan fingerprint density at radius 1 is 1.04 bits per heavy atom. The summed E-state index contributed by atoms with van der Waals surface area (Å²) in [6.45, 7) is 11.5. The smallest absolute Gasteiger partial charge is 0.136 e. The second-order valence-electron chi connectivity index (χ2n) is 8.66. The molecule has 1 N–H and O–H groups in total. The second-order valence-corrected chi connectivity index (χ2v) is 8.66. The van der Waals surface area contributed by atoms with Gasteiger partial charge in [0, 0.05) is 18.9 Å². The molecule has 2 aliphatic carbocycles. The number of rotatable bonds is 5. The molecular weight excluding hydrogens is 284 g/mol. The van der Waals surface area contributed by atoms with Crippen molar-refractivity contribution in [1.82, 2.24) is 0 Å². The molecule has 1 saturated carbocycles. The fourth-order valence-corrected chi connectivity index (χ4v) is 4.58. The van der Waals surface area contributed by atoms with Crippen molar-refractivity contribution in [2.24, 2.45) is 28.1 Å². The standard InChI is InChI=1S/C21H34O2/c1-16-8-9-18(23)17(2)21(16,5)13-12-19(3)10-6-7-11-20(19,4)14-15-22/h6-7,10-11,16-17,22H,8-9,12-15H2,1-5H3/t16?,17?,19-,20-,21?/m1/s1. The average Bonchev–Trinajstić information content (AvgIpc) is 2.51. The molecule has 23 heavy (non-hydrogen) atoms. The highest BCUT2D eigenvalue weighted by Crippen LogP contribution is 2.54. The molecule has 0 aliphatic heterocycles. The normalized spacial score (nSPS) is 43.8. The first-order valence-electron chi connectivity index (χ1n) is 9.19. The molecule has 130 valence electrons. The number of carbonyl (C=O) groups is 1. The van der Waals surface area contributed by atoms with Crippen molar-refractivity contribution in [1.29, 1.82) is 0 Å². The third-order valence-corrected chi connectivity index (χ3v) is 7.58. The zero-order valence-electron chi connectivity index (χ0n) is 15.6. The molecule has 0 saturated heterocycles. The molecule has 0 heterocycles. The summed E-state index contributed by atoms with van der Waals surface area (Å²) >= 11 is 0. The van der Waals surface area contributed by atoms with Crippen molar-refractivity contribution in [3.8, 4) is 0 Å². The van der Waals surface area contributed by atoms with Crippen LogP contribution in [0.15, 0.2) is 24.3 Å². The van der Waals surface area contributed by atoms with E-state index in [1.165, 1.54) is 0 Å². The van der Waals surface area contributed by atoms with Gasteiger partial charge in [0.15, 0.2) is 0 Å². The summed E-state index contributed by atoms with van der Waals surface area (Å²) in [5.41, 5.74) is 0.110. The maximum atomic E-state index is 12.3. The highest BCUT2D eigenvalue weighted by atomic mass is 16.3. The van der Waals surface area contributed by atoms with E-state index in [2.05, 4.69) is 58.9 Å². The SMILES string of the molecule is CC1CCC(=O)C(C)C1(C)CC[C@@]1(C)C=CC=C[C@]1(C)CCO. The monoisotopic (exact) mass is 318 g/mol. The van der Waals surface area contributed by atoms with E-state index in [1.807, 2.05) is 0 Å². The highest BCUT2D eigenvalue weighted by molar-refractivity contribution is 5.82. The Kier molecular flexibility index (Phi) is 5.25. The lowest BCUT2D eigenvalue weighted by molar-refractivity contribution is -0.132. The van der Waals surface area contributed by atoms with Crippen molar-refractivity contribution < 1.29 is 9.90 Å². The van der Waals surface area contributed by atoms with E-state index in [1.54, 1.807) is 0 Å². The van der Waals surface area contributed by atoms with Gasteiger partial charge in [0.05, 0.1) is 0 Å². The molecule has 0 aromatic heterocycles. The number of hydrogen-bond donors (Lipinski definition) is 1. The summed E-state index contributed by atoms with van der Waals surface area (Å²) in [4.78, 5) is 12.3. The molecule has 2 heteroatoms. The highest BCUT2D eigenvalue weighted by Gasteiger charge is 2.47. The van der Waals surface area contributed by atoms with Crippen molar-refractivity contribution >= 4 is 5.78 Å². The van der Waals surface area contributed by atoms with E-state index < -0.39 is 0 Å². The fraction of sp³-hybridized carbons (Fsp3) is 0.762. The van der Waals surface area contributed by atoms with Crippen LogP contribution in [0.3, 0.4) is 0 Å². The molecule has 1 fully saturated rings. The molecule has 2 nitrogen and oxygen atoms in total. The summed E-state index contributed by atoms with van der Waals surface area (Å²) in [6.07, 6.45) is 13.5. The zero-order valence-corrected chi connectivity index (χ0v) is 15.6. The summed E-state index contributed by atoms with van der Waals surface area (Å²) in [6, 6.07) is 0. The Bertz CT molecular complexity index is 506. The third-order valence-electron chi connectivity index (χ3n) is 7.58. The predicted molar refractivity (Wildman–Crippen MR) is 96.1 cm³/mol. The number of carbonyl (C=O) groups excluding carboxylic acids is 1. The number of aliphatic hydroxyl groups is 1. The molecule has 0 amide bonds. The minimum absolute atomic E-state index is 0.0159. The first kappa shape index (κ1) is 18.4. The summed E-state index contributed by atoms with van der Waals surface area (Å²) in [5, 5.41) is 9.50. The van der Waals surface area contributed by atoms with Crippen LogP contribution in [0.25, 0.3) is 0 Å². The van der Waals surface area contributed by atoms with Crippen LogP contribution in [0.5, 0.6) is 0 Å². The van der Waals surface area contributed by atoms with Crippen molar-refractivity contribution in [3.05, 3.63) is 24.3 Å². The van der Waals surface area contributed by atoms with Crippen LogP contribution in [0.1, 0.15) is 66.7 Å². The van der Waals surface area contributed by atoms with Gasteiger partial charge < -0.3 is 5.11 Å². The number of aliphatic hydroxyl groups excluding tert-OH is 1.